The summed E-state index contributed by atoms with van der Waals surface area (Å²) >= 11 is 0. The van der Waals surface area contributed by atoms with Crippen LogP contribution < -0.4 is 16.0 Å². The van der Waals surface area contributed by atoms with Gasteiger partial charge in [0.05, 0.1) is 7.11 Å². The maximum atomic E-state index is 5.66. The third-order valence-electron chi connectivity index (χ3n) is 3.53. The molecule has 3 nitrogen and oxygen atoms in total. The molecule has 0 saturated heterocycles. The van der Waals surface area contributed by atoms with Crippen molar-refractivity contribution in [3.8, 4) is 5.75 Å². The van der Waals surface area contributed by atoms with Crippen LogP contribution in [0.25, 0.3) is 0 Å². The number of nitrogens with two attached hydrogens (primary N) is 1. The lowest BCUT2D eigenvalue weighted by Crippen LogP contribution is -2.43. The average Bonchev–Trinajstić information content (AvgIpc) is 2.35. The molecule has 0 aromatic heterocycles. The van der Waals surface area contributed by atoms with Crippen molar-refractivity contribution < 1.29 is 4.74 Å². The van der Waals surface area contributed by atoms with Crippen LogP contribution in [0.4, 0.5) is 0 Å². The van der Waals surface area contributed by atoms with Gasteiger partial charge in [-0.3, -0.25) is 11.3 Å². The Hall–Kier alpha value is -1.06. The second-order valence-electron chi connectivity index (χ2n) is 4.89. The highest BCUT2D eigenvalue weighted by molar-refractivity contribution is 5.33. The predicted octanol–water partition coefficient (Wildman–Crippen LogP) is 2.36. The van der Waals surface area contributed by atoms with Crippen LogP contribution in [0.15, 0.2) is 24.3 Å². The van der Waals surface area contributed by atoms with Crippen LogP contribution in [-0.2, 0) is 6.42 Å². The lowest BCUT2D eigenvalue weighted by Gasteiger charge is -2.26. The van der Waals surface area contributed by atoms with E-state index in [2.05, 4.69) is 32.3 Å². The summed E-state index contributed by atoms with van der Waals surface area (Å²) in [6, 6.07) is 8.37. The maximum absolute atomic E-state index is 5.66. The third kappa shape index (κ3) is 3.72. The van der Waals surface area contributed by atoms with Gasteiger partial charge in [-0.05, 0) is 29.9 Å². The van der Waals surface area contributed by atoms with Crippen molar-refractivity contribution >= 4 is 0 Å². The van der Waals surface area contributed by atoms with Crippen molar-refractivity contribution in [2.75, 3.05) is 7.11 Å². The van der Waals surface area contributed by atoms with E-state index in [1.807, 2.05) is 18.2 Å². The Kier molecular flexibility index (Phi) is 5.45. The Balaban J connectivity index is 2.80. The van der Waals surface area contributed by atoms with Gasteiger partial charge in [0.25, 0.3) is 0 Å². The van der Waals surface area contributed by atoms with Crippen LogP contribution in [0.3, 0.4) is 0 Å². The quantitative estimate of drug-likeness (QED) is 0.589. The smallest absolute Gasteiger partial charge is 0.122 e. The van der Waals surface area contributed by atoms with E-state index in [1.165, 1.54) is 5.56 Å². The lowest BCUT2D eigenvalue weighted by molar-refractivity contribution is 0.296. The standard InChI is InChI=1S/C14H24N2O/c1-10(2)11(3)13(16-15)9-12-7-5-6-8-14(12)17-4/h5-8,10-11,13,16H,9,15H2,1-4H3. The molecule has 3 heteroatoms. The summed E-state index contributed by atoms with van der Waals surface area (Å²) < 4.78 is 5.36. The monoisotopic (exact) mass is 236 g/mol. The molecule has 0 saturated carbocycles. The molecule has 2 unspecified atom stereocenters. The Morgan fingerprint density at radius 1 is 1.24 bits per heavy atom. The van der Waals surface area contributed by atoms with Gasteiger partial charge in [-0.1, -0.05) is 39.0 Å². The normalized spacial score (nSPS) is 14.7. The van der Waals surface area contributed by atoms with Crippen molar-refractivity contribution in [3.05, 3.63) is 29.8 Å². The molecule has 1 rings (SSSR count). The van der Waals surface area contributed by atoms with Crippen molar-refractivity contribution in [2.45, 2.75) is 33.2 Å². The van der Waals surface area contributed by atoms with Gasteiger partial charge in [-0.2, -0.15) is 0 Å². The molecule has 0 heterocycles. The van der Waals surface area contributed by atoms with Gasteiger partial charge in [-0.15, -0.1) is 0 Å². The van der Waals surface area contributed by atoms with Crippen LogP contribution in [0.2, 0.25) is 0 Å². The van der Waals surface area contributed by atoms with Crippen LogP contribution in [-0.4, -0.2) is 13.2 Å². The van der Waals surface area contributed by atoms with Gasteiger partial charge >= 0.3 is 0 Å². The molecular weight excluding hydrogens is 212 g/mol. The van der Waals surface area contributed by atoms with E-state index in [4.69, 9.17) is 10.6 Å². The van der Waals surface area contributed by atoms with Crippen molar-refractivity contribution in [1.29, 1.82) is 0 Å². The number of rotatable bonds is 6. The molecule has 0 fully saturated rings. The van der Waals surface area contributed by atoms with E-state index in [1.54, 1.807) is 7.11 Å². The van der Waals surface area contributed by atoms with Crippen LogP contribution in [0.1, 0.15) is 26.3 Å². The van der Waals surface area contributed by atoms with Gasteiger partial charge in [-0.25, -0.2) is 0 Å². The summed E-state index contributed by atoms with van der Waals surface area (Å²) in [5.74, 6) is 7.72. The maximum Gasteiger partial charge on any atom is 0.122 e. The average molecular weight is 236 g/mol. The molecular formula is C14H24N2O. The van der Waals surface area contributed by atoms with Gasteiger partial charge in [0.1, 0.15) is 5.75 Å². The molecule has 96 valence electrons. The number of nitrogens with one attached hydrogen (secondary N) is 1. The van der Waals surface area contributed by atoms with E-state index < -0.39 is 0 Å². The highest BCUT2D eigenvalue weighted by Gasteiger charge is 2.20. The first-order chi connectivity index (χ1) is 8.10. The van der Waals surface area contributed by atoms with Gasteiger partial charge < -0.3 is 4.74 Å². The molecule has 0 radical (unpaired) electrons. The number of benzene rings is 1. The summed E-state index contributed by atoms with van der Waals surface area (Å²) in [6.45, 7) is 6.67. The molecule has 3 N–H and O–H groups in total. The summed E-state index contributed by atoms with van der Waals surface area (Å²) in [7, 11) is 1.70. The van der Waals surface area contributed by atoms with Crippen LogP contribution >= 0.6 is 0 Å². The number of hydrogen-bond acceptors (Lipinski definition) is 3. The first-order valence-electron chi connectivity index (χ1n) is 6.18. The molecule has 2 atom stereocenters. The minimum absolute atomic E-state index is 0.270. The summed E-state index contributed by atoms with van der Waals surface area (Å²) in [4.78, 5) is 0. The molecule has 1 aromatic rings. The summed E-state index contributed by atoms with van der Waals surface area (Å²) in [5.41, 5.74) is 4.13. The highest BCUT2D eigenvalue weighted by Crippen LogP contribution is 2.23. The van der Waals surface area contributed by atoms with E-state index in [0.29, 0.717) is 11.8 Å². The zero-order valence-corrected chi connectivity index (χ0v) is 11.2. The Morgan fingerprint density at radius 3 is 2.41 bits per heavy atom. The number of hydrazine groups is 1. The van der Waals surface area contributed by atoms with Crippen LogP contribution in [0, 0.1) is 11.8 Å². The lowest BCUT2D eigenvalue weighted by atomic mass is 9.87. The molecule has 0 bridgehead atoms. The first-order valence-corrected chi connectivity index (χ1v) is 6.18. The largest absolute Gasteiger partial charge is 0.496 e. The predicted molar refractivity (Wildman–Crippen MR) is 71.8 cm³/mol. The number of para-hydroxylation sites is 1. The number of methoxy groups -OCH3 is 1. The third-order valence-corrected chi connectivity index (χ3v) is 3.53. The van der Waals surface area contributed by atoms with Crippen molar-refractivity contribution in [3.63, 3.8) is 0 Å². The van der Waals surface area contributed by atoms with Crippen molar-refractivity contribution in [2.24, 2.45) is 17.7 Å². The van der Waals surface area contributed by atoms with E-state index in [0.717, 1.165) is 12.2 Å². The second kappa shape index (κ2) is 6.62. The van der Waals surface area contributed by atoms with E-state index in [9.17, 15) is 0 Å². The molecule has 17 heavy (non-hydrogen) atoms. The molecule has 1 aromatic carbocycles. The molecule has 0 aliphatic carbocycles. The first kappa shape index (κ1) is 14.0. The van der Waals surface area contributed by atoms with Crippen LogP contribution in [0.5, 0.6) is 5.75 Å². The fraction of sp³-hybridized carbons (Fsp3) is 0.571. The second-order valence-corrected chi connectivity index (χ2v) is 4.89. The Labute approximate surface area is 104 Å². The van der Waals surface area contributed by atoms with E-state index >= 15 is 0 Å². The minimum Gasteiger partial charge on any atom is -0.496 e. The minimum atomic E-state index is 0.270. The fourth-order valence-corrected chi connectivity index (χ4v) is 1.97. The van der Waals surface area contributed by atoms with Gasteiger partial charge in [0.2, 0.25) is 0 Å². The van der Waals surface area contributed by atoms with Gasteiger partial charge in [0.15, 0.2) is 0 Å². The Morgan fingerprint density at radius 2 is 1.88 bits per heavy atom. The topological polar surface area (TPSA) is 47.3 Å². The zero-order chi connectivity index (χ0) is 12.8. The summed E-state index contributed by atoms with van der Waals surface area (Å²) in [5, 5.41) is 0. The Bertz CT molecular complexity index is 339. The van der Waals surface area contributed by atoms with E-state index in [-0.39, 0.29) is 6.04 Å². The summed E-state index contributed by atoms with van der Waals surface area (Å²) in [6.07, 6.45) is 0.889. The number of ether oxygens (including phenoxy) is 1. The highest BCUT2D eigenvalue weighted by atomic mass is 16.5. The molecule has 0 aliphatic rings. The molecule has 0 amide bonds. The fourth-order valence-electron chi connectivity index (χ4n) is 1.97. The molecule has 0 aliphatic heterocycles. The zero-order valence-electron chi connectivity index (χ0n) is 11.2. The SMILES string of the molecule is COc1ccccc1CC(NN)C(C)C(C)C. The van der Waals surface area contributed by atoms with Gasteiger partial charge in [0, 0.05) is 6.04 Å². The van der Waals surface area contributed by atoms with Crippen molar-refractivity contribution in [1.82, 2.24) is 5.43 Å². The molecule has 0 spiro atoms. The number of hydrogen-bond donors (Lipinski definition) is 2.